The van der Waals surface area contributed by atoms with Crippen molar-refractivity contribution in [2.75, 3.05) is 5.32 Å². The lowest BCUT2D eigenvalue weighted by atomic mass is 10.1. The van der Waals surface area contributed by atoms with E-state index < -0.39 is 0 Å². The molecule has 6 nitrogen and oxygen atoms in total. The van der Waals surface area contributed by atoms with Gasteiger partial charge in [0.2, 0.25) is 5.91 Å². The van der Waals surface area contributed by atoms with Crippen molar-refractivity contribution < 1.29 is 4.79 Å². The molecule has 2 aromatic heterocycles. The van der Waals surface area contributed by atoms with E-state index in [2.05, 4.69) is 27.4 Å². The lowest BCUT2D eigenvalue weighted by molar-refractivity contribution is -0.115. The minimum absolute atomic E-state index is 0.0552. The van der Waals surface area contributed by atoms with Crippen LogP contribution < -0.4 is 5.32 Å². The largest absolute Gasteiger partial charge is 0.325 e. The van der Waals surface area contributed by atoms with Gasteiger partial charge < -0.3 is 9.88 Å². The molecule has 0 fully saturated rings. The average molecular weight is 382 g/mol. The van der Waals surface area contributed by atoms with E-state index in [4.69, 9.17) is 0 Å². The molecule has 140 valence electrons. The highest BCUT2D eigenvalue weighted by molar-refractivity contribution is 8.00. The van der Waals surface area contributed by atoms with Crippen LogP contribution >= 0.6 is 11.8 Å². The van der Waals surface area contributed by atoms with Crippen molar-refractivity contribution in [2.45, 2.75) is 44.1 Å². The van der Waals surface area contributed by atoms with Crippen molar-refractivity contribution in [2.24, 2.45) is 0 Å². The molecule has 1 aromatic carbocycles. The Balaban J connectivity index is 1.70. The van der Waals surface area contributed by atoms with Crippen LogP contribution in [0.3, 0.4) is 0 Å². The summed E-state index contributed by atoms with van der Waals surface area (Å²) in [6, 6.07) is 11.7. The van der Waals surface area contributed by atoms with Crippen LogP contribution in [0.5, 0.6) is 0 Å². The molecule has 0 saturated heterocycles. The lowest BCUT2D eigenvalue weighted by Crippen LogP contribution is -2.23. The molecule has 3 aromatic rings. The van der Waals surface area contributed by atoms with E-state index in [-0.39, 0.29) is 11.2 Å². The third-order valence-corrected chi connectivity index (χ3v) is 5.33. The predicted molar refractivity (Wildman–Crippen MR) is 109 cm³/mol. The smallest absolute Gasteiger partial charge is 0.237 e. The number of aryl methyl sites for hydroxylation is 1. The van der Waals surface area contributed by atoms with Gasteiger partial charge in [0.25, 0.3) is 0 Å². The molecule has 1 unspecified atom stereocenters. The molecule has 0 saturated carbocycles. The molecule has 3 rings (SSSR count). The van der Waals surface area contributed by atoms with E-state index in [0.717, 1.165) is 35.2 Å². The van der Waals surface area contributed by atoms with Gasteiger partial charge in [-0.15, -0.1) is 10.2 Å². The quantitative estimate of drug-likeness (QED) is 0.625. The van der Waals surface area contributed by atoms with Gasteiger partial charge in [0, 0.05) is 30.2 Å². The maximum Gasteiger partial charge on any atom is 0.237 e. The summed E-state index contributed by atoms with van der Waals surface area (Å²) < 4.78 is 2.01. The number of carbonyl (C=O) groups is 1. The van der Waals surface area contributed by atoms with E-state index in [1.807, 2.05) is 54.8 Å². The van der Waals surface area contributed by atoms with Crippen molar-refractivity contribution in [3.63, 3.8) is 0 Å². The number of benzene rings is 1. The third-order valence-electron chi connectivity index (χ3n) is 4.25. The first-order chi connectivity index (χ1) is 13.1. The molecule has 0 aliphatic heterocycles. The molecule has 7 heteroatoms. The highest BCUT2D eigenvalue weighted by Gasteiger charge is 2.20. The second kappa shape index (κ2) is 8.81. The summed E-state index contributed by atoms with van der Waals surface area (Å²) in [5.74, 6) is 0.727. The van der Waals surface area contributed by atoms with Crippen molar-refractivity contribution in [1.29, 1.82) is 0 Å². The second-order valence-corrected chi connectivity index (χ2v) is 7.39. The highest BCUT2D eigenvalue weighted by Crippen LogP contribution is 2.27. The summed E-state index contributed by atoms with van der Waals surface area (Å²) in [6.07, 6.45) is 4.44. The van der Waals surface area contributed by atoms with Crippen LogP contribution in [0.2, 0.25) is 0 Å². The minimum Gasteiger partial charge on any atom is -0.325 e. The van der Waals surface area contributed by atoms with Crippen molar-refractivity contribution in [1.82, 2.24) is 19.7 Å². The molecule has 2 heterocycles. The summed E-state index contributed by atoms with van der Waals surface area (Å²) in [7, 11) is 0. The first-order valence-corrected chi connectivity index (χ1v) is 9.90. The van der Waals surface area contributed by atoms with Gasteiger partial charge in [-0.05, 0) is 50.1 Å². The average Bonchev–Trinajstić information content (AvgIpc) is 3.11. The van der Waals surface area contributed by atoms with Gasteiger partial charge in [0.1, 0.15) is 0 Å². The first kappa shape index (κ1) is 19.1. The van der Waals surface area contributed by atoms with Gasteiger partial charge in [-0.3, -0.25) is 9.78 Å². The number of pyridine rings is 1. The second-order valence-electron chi connectivity index (χ2n) is 6.09. The zero-order valence-electron chi connectivity index (χ0n) is 15.7. The summed E-state index contributed by atoms with van der Waals surface area (Å²) in [5.41, 5.74) is 3.01. The van der Waals surface area contributed by atoms with Gasteiger partial charge in [-0.1, -0.05) is 30.8 Å². The van der Waals surface area contributed by atoms with E-state index in [1.54, 1.807) is 12.4 Å². The molecule has 0 radical (unpaired) electrons. The predicted octanol–water partition coefficient (Wildman–Crippen LogP) is 4.04. The fraction of sp³-hybridized carbons (Fsp3) is 0.300. The van der Waals surface area contributed by atoms with E-state index >= 15 is 0 Å². The first-order valence-electron chi connectivity index (χ1n) is 9.02. The summed E-state index contributed by atoms with van der Waals surface area (Å²) in [6.45, 7) is 6.75. The third kappa shape index (κ3) is 4.54. The highest BCUT2D eigenvalue weighted by atomic mass is 32.2. The Labute approximate surface area is 163 Å². The Morgan fingerprint density at radius 1 is 1.11 bits per heavy atom. The van der Waals surface area contributed by atoms with Crippen LogP contribution in [-0.2, 0) is 17.8 Å². The van der Waals surface area contributed by atoms with Crippen LogP contribution in [0, 0.1) is 0 Å². The number of hydrogen-bond donors (Lipinski definition) is 1. The number of amides is 1. The zero-order chi connectivity index (χ0) is 19.2. The standard InChI is InChI=1S/C20H23N5OS/c1-4-15-6-8-17(9-7-15)22-19(26)14(3)27-20-24-23-18(25(20)5-2)16-10-12-21-13-11-16/h6-14H,4-5H2,1-3H3,(H,22,26). The number of nitrogens with zero attached hydrogens (tertiary/aromatic N) is 4. The van der Waals surface area contributed by atoms with Gasteiger partial charge in [0.15, 0.2) is 11.0 Å². The SMILES string of the molecule is CCc1ccc(NC(=O)C(C)Sc2nnc(-c3ccncc3)n2CC)cc1. The Morgan fingerprint density at radius 3 is 2.44 bits per heavy atom. The topological polar surface area (TPSA) is 72.7 Å². The molecular formula is C20H23N5OS. The Morgan fingerprint density at radius 2 is 1.81 bits per heavy atom. The minimum atomic E-state index is -0.296. The molecule has 1 amide bonds. The Hall–Kier alpha value is -2.67. The van der Waals surface area contributed by atoms with Crippen LogP contribution in [0.1, 0.15) is 26.3 Å². The summed E-state index contributed by atoms with van der Waals surface area (Å²) >= 11 is 1.41. The lowest BCUT2D eigenvalue weighted by Gasteiger charge is -2.13. The molecule has 27 heavy (non-hydrogen) atoms. The number of rotatable bonds is 7. The van der Waals surface area contributed by atoms with Gasteiger partial charge >= 0.3 is 0 Å². The van der Waals surface area contributed by atoms with Gasteiger partial charge in [-0.25, -0.2) is 0 Å². The van der Waals surface area contributed by atoms with E-state index in [0.29, 0.717) is 0 Å². The van der Waals surface area contributed by atoms with Gasteiger partial charge in [-0.2, -0.15) is 0 Å². The van der Waals surface area contributed by atoms with Crippen LogP contribution in [0.15, 0.2) is 53.9 Å². The van der Waals surface area contributed by atoms with Crippen molar-refractivity contribution in [3.05, 3.63) is 54.4 Å². The fourth-order valence-corrected chi connectivity index (χ4v) is 3.57. The summed E-state index contributed by atoms with van der Waals surface area (Å²) in [4.78, 5) is 16.6. The maximum absolute atomic E-state index is 12.6. The van der Waals surface area contributed by atoms with E-state index in [9.17, 15) is 4.79 Å². The van der Waals surface area contributed by atoms with E-state index in [1.165, 1.54) is 17.3 Å². The molecule has 1 N–H and O–H groups in total. The zero-order valence-corrected chi connectivity index (χ0v) is 16.5. The van der Waals surface area contributed by atoms with Crippen molar-refractivity contribution >= 4 is 23.4 Å². The number of thioether (sulfide) groups is 1. The fourth-order valence-electron chi connectivity index (χ4n) is 2.65. The molecule has 1 atom stereocenters. The monoisotopic (exact) mass is 381 g/mol. The van der Waals surface area contributed by atoms with Crippen LogP contribution in [0.25, 0.3) is 11.4 Å². The maximum atomic E-state index is 12.6. The van der Waals surface area contributed by atoms with Gasteiger partial charge in [0.05, 0.1) is 5.25 Å². The molecule has 0 bridgehead atoms. The van der Waals surface area contributed by atoms with Crippen LogP contribution in [0.4, 0.5) is 5.69 Å². The number of nitrogens with one attached hydrogen (secondary N) is 1. The molecule has 0 aliphatic rings. The van der Waals surface area contributed by atoms with Crippen LogP contribution in [-0.4, -0.2) is 30.9 Å². The summed E-state index contributed by atoms with van der Waals surface area (Å²) in [5, 5.41) is 12.0. The normalized spacial score (nSPS) is 12.0. The van der Waals surface area contributed by atoms with Crippen molar-refractivity contribution in [3.8, 4) is 11.4 Å². The number of anilines is 1. The Bertz CT molecular complexity index is 892. The number of hydrogen-bond acceptors (Lipinski definition) is 5. The number of carbonyl (C=O) groups excluding carboxylic acids is 1. The molecular weight excluding hydrogens is 358 g/mol. The number of aromatic nitrogens is 4. The molecule has 0 spiro atoms. The Kier molecular flexibility index (Phi) is 6.24. The molecule has 0 aliphatic carbocycles.